The minimum atomic E-state index is -0.166. The summed E-state index contributed by atoms with van der Waals surface area (Å²) >= 11 is 0. The summed E-state index contributed by atoms with van der Waals surface area (Å²) in [6, 6.07) is 17.6. The van der Waals surface area contributed by atoms with Crippen LogP contribution in [0.1, 0.15) is 34.3 Å². The Labute approximate surface area is 171 Å². The van der Waals surface area contributed by atoms with Crippen molar-refractivity contribution in [3.05, 3.63) is 71.3 Å². The van der Waals surface area contributed by atoms with Crippen molar-refractivity contribution >= 4 is 11.9 Å². The number of morpholine rings is 1. The highest BCUT2D eigenvalue weighted by molar-refractivity contribution is 5.94. The zero-order valence-corrected chi connectivity index (χ0v) is 16.5. The van der Waals surface area contributed by atoms with Gasteiger partial charge >= 0.3 is 6.03 Å². The molecule has 2 aromatic carbocycles. The minimum Gasteiger partial charge on any atom is -0.378 e. The van der Waals surface area contributed by atoms with Crippen molar-refractivity contribution in [2.45, 2.75) is 24.8 Å². The Balaban J connectivity index is 1.24. The summed E-state index contributed by atoms with van der Waals surface area (Å²) in [5.41, 5.74) is 3.02. The Morgan fingerprint density at radius 3 is 2.28 bits per heavy atom. The van der Waals surface area contributed by atoms with E-state index in [4.69, 9.17) is 4.74 Å². The van der Waals surface area contributed by atoms with Crippen LogP contribution in [0.3, 0.4) is 0 Å². The van der Waals surface area contributed by atoms with Gasteiger partial charge in [-0.3, -0.25) is 4.79 Å². The summed E-state index contributed by atoms with van der Waals surface area (Å²) in [5.74, 6) is 0.0289. The second kappa shape index (κ2) is 8.66. The van der Waals surface area contributed by atoms with Crippen LogP contribution in [0.2, 0.25) is 0 Å². The molecule has 2 N–H and O–H groups in total. The normalized spacial score (nSPS) is 17.4. The number of nitrogens with zero attached hydrogens (tertiary/aromatic N) is 1. The maximum atomic E-state index is 12.5. The summed E-state index contributed by atoms with van der Waals surface area (Å²) in [5, 5.41) is 5.91. The SMILES string of the molecule is O=C(NCc1ccc(C(=O)N2CCOCC2)cc1)NCC1(c2ccccc2)CC1. The summed E-state index contributed by atoms with van der Waals surface area (Å²) in [6.45, 7) is 3.52. The molecule has 29 heavy (non-hydrogen) atoms. The molecule has 2 aliphatic rings. The standard InChI is InChI=1S/C23H27N3O3/c27-21(26-12-14-29-15-13-26)19-8-6-18(7-9-19)16-24-22(28)25-17-23(10-11-23)20-4-2-1-3-5-20/h1-9H,10-17H2,(H2,24,25,28). The van der Waals surface area contributed by atoms with Crippen LogP contribution in [0, 0.1) is 0 Å². The third-order valence-corrected chi connectivity index (χ3v) is 5.78. The van der Waals surface area contributed by atoms with Crippen LogP contribution in [0.25, 0.3) is 0 Å². The highest BCUT2D eigenvalue weighted by atomic mass is 16.5. The lowest BCUT2D eigenvalue weighted by Crippen LogP contribution is -2.40. The smallest absolute Gasteiger partial charge is 0.315 e. The van der Waals surface area contributed by atoms with Gasteiger partial charge in [0, 0.05) is 37.2 Å². The molecule has 1 saturated heterocycles. The quantitative estimate of drug-likeness (QED) is 0.793. The predicted molar refractivity (Wildman–Crippen MR) is 111 cm³/mol. The van der Waals surface area contributed by atoms with Crippen LogP contribution in [0.5, 0.6) is 0 Å². The first-order valence-electron chi connectivity index (χ1n) is 10.2. The Hall–Kier alpha value is -2.86. The lowest BCUT2D eigenvalue weighted by molar-refractivity contribution is 0.0303. The Bertz CT molecular complexity index is 841. The molecule has 3 amide bonds. The fourth-order valence-electron chi connectivity index (χ4n) is 3.72. The molecule has 0 aromatic heterocycles. The molecule has 6 heteroatoms. The van der Waals surface area contributed by atoms with Crippen LogP contribution in [-0.4, -0.2) is 49.7 Å². The topological polar surface area (TPSA) is 70.7 Å². The third kappa shape index (κ3) is 4.77. The molecule has 1 saturated carbocycles. The summed E-state index contributed by atoms with van der Waals surface area (Å²) < 4.78 is 5.29. The molecule has 0 spiro atoms. The molecule has 0 unspecified atom stereocenters. The molecular formula is C23H27N3O3. The number of benzene rings is 2. The van der Waals surface area contributed by atoms with Crippen molar-refractivity contribution in [3.8, 4) is 0 Å². The molecular weight excluding hydrogens is 366 g/mol. The Kier molecular flexibility index (Phi) is 5.81. The highest BCUT2D eigenvalue weighted by Crippen LogP contribution is 2.47. The van der Waals surface area contributed by atoms with Gasteiger partial charge in [0.1, 0.15) is 0 Å². The van der Waals surface area contributed by atoms with Crippen LogP contribution in [-0.2, 0) is 16.7 Å². The van der Waals surface area contributed by atoms with Crippen molar-refractivity contribution in [1.82, 2.24) is 15.5 Å². The van der Waals surface area contributed by atoms with Gasteiger partial charge in [-0.25, -0.2) is 4.79 Å². The second-order valence-corrected chi connectivity index (χ2v) is 7.78. The van der Waals surface area contributed by atoms with Gasteiger partial charge in [0.25, 0.3) is 5.91 Å². The molecule has 152 valence electrons. The highest BCUT2D eigenvalue weighted by Gasteiger charge is 2.44. The maximum Gasteiger partial charge on any atom is 0.315 e. The van der Waals surface area contributed by atoms with Crippen molar-refractivity contribution in [1.29, 1.82) is 0 Å². The zero-order valence-electron chi connectivity index (χ0n) is 16.5. The molecule has 1 aliphatic heterocycles. The van der Waals surface area contributed by atoms with E-state index in [1.165, 1.54) is 5.56 Å². The number of nitrogens with one attached hydrogen (secondary N) is 2. The number of hydrogen-bond donors (Lipinski definition) is 2. The van der Waals surface area contributed by atoms with E-state index in [-0.39, 0.29) is 17.4 Å². The summed E-state index contributed by atoms with van der Waals surface area (Å²) in [7, 11) is 0. The molecule has 1 heterocycles. The lowest BCUT2D eigenvalue weighted by Gasteiger charge is -2.26. The van der Waals surface area contributed by atoms with Crippen molar-refractivity contribution in [2.75, 3.05) is 32.8 Å². The Morgan fingerprint density at radius 2 is 1.62 bits per heavy atom. The average Bonchev–Trinajstić information content (AvgIpc) is 3.59. The number of urea groups is 1. The fourth-order valence-corrected chi connectivity index (χ4v) is 3.72. The largest absolute Gasteiger partial charge is 0.378 e. The minimum absolute atomic E-state index is 0.0289. The number of ether oxygens (including phenoxy) is 1. The number of carbonyl (C=O) groups is 2. The van der Waals surface area contributed by atoms with E-state index in [2.05, 4.69) is 22.8 Å². The van der Waals surface area contributed by atoms with Gasteiger partial charge in [-0.05, 0) is 36.1 Å². The van der Waals surface area contributed by atoms with Crippen molar-refractivity contribution in [2.24, 2.45) is 0 Å². The fraction of sp³-hybridized carbons (Fsp3) is 0.391. The van der Waals surface area contributed by atoms with E-state index >= 15 is 0 Å². The number of hydrogen-bond acceptors (Lipinski definition) is 3. The zero-order chi connectivity index (χ0) is 20.1. The van der Waals surface area contributed by atoms with Gasteiger partial charge in [0.15, 0.2) is 0 Å². The first kappa shape index (κ1) is 19.5. The van der Waals surface area contributed by atoms with E-state index in [0.717, 1.165) is 18.4 Å². The molecule has 6 nitrogen and oxygen atoms in total. The van der Waals surface area contributed by atoms with Gasteiger partial charge in [-0.1, -0.05) is 42.5 Å². The molecule has 0 atom stereocenters. The predicted octanol–water partition coefficient (Wildman–Crippen LogP) is 2.69. The van der Waals surface area contributed by atoms with Crippen LogP contribution >= 0.6 is 0 Å². The van der Waals surface area contributed by atoms with E-state index in [9.17, 15) is 9.59 Å². The van der Waals surface area contributed by atoms with Gasteiger partial charge in [0.05, 0.1) is 13.2 Å². The molecule has 2 fully saturated rings. The molecule has 1 aliphatic carbocycles. The summed E-state index contributed by atoms with van der Waals surface area (Å²) in [6.07, 6.45) is 2.21. The third-order valence-electron chi connectivity index (χ3n) is 5.78. The van der Waals surface area contributed by atoms with Crippen LogP contribution in [0.4, 0.5) is 4.79 Å². The van der Waals surface area contributed by atoms with Gasteiger partial charge in [0.2, 0.25) is 0 Å². The molecule has 0 radical (unpaired) electrons. The van der Waals surface area contributed by atoms with Crippen molar-refractivity contribution in [3.63, 3.8) is 0 Å². The monoisotopic (exact) mass is 393 g/mol. The van der Waals surface area contributed by atoms with Crippen LogP contribution in [0.15, 0.2) is 54.6 Å². The molecule has 4 rings (SSSR count). The number of rotatable bonds is 6. The first-order valence-corrected chi connectivity index (χ1v) is 10.2. The van der Waals surface area contributed by atoms with E-state index in [1.807, 2.05) is 47.4 Å². The lowest BCUT2D eigenvalue weighted by atomic mass is 9.96. The number of carbonyl (C=O) groups excluding carboxylic acids is 2. The van der Waals surface area contributed by atoms with Gasteiger partial charge in [-0.15, -0.1) is 0 Å². The second-order valence-electron chi connectivity index (χ2n) is 7.78. The Morgan fingerprint density at radius 1 is 0.931 bits per heavy atom. The van der Waals surface area contributed by atoms with Gasteiger partial charge in [-0.2, -0.15) is 0 Å². The maximum absolute atomic E-state index is 12.5. The van der Waals surface area contributed by atoms with E-state index < -0.39 is 0 Å². The van der Waals surface area contributed by atoms with E-state index in [1.54, 1.807) is 0 Å². The average molecular weight is 393 g/mol. The molecule has 2 aromatic rings. The van der Waals surface area contributed by atoms with Gasteiger partial charge < -0.3 is 20.3 Å². The first-order chi connectivity index (χ1) is 14.2. The summed E-state index contributed by atoms with van der Waals surface area (Å²) in [4.78, 5) is 26.5. The van der Waals surface area contributed by atoms with E-state index in [0.29, 0.717) is 45.0 Å². The number of amides is 3. The van der Waals surface area contributed by atoms with Crippen LogP contribution < -0.4 is 10.6 Å². The molecule has 0 bridgehead atoms. The van der Waals surface area contributed by atoms with Crippen molar-refractivity contribution < 1.29 is 14.3 Å².